The number of carbonyl (C=O) groups is 1. The molecule has 1 aliphatic heterocycles. The third-order valence-corrected chi connectivity index (χ3v) is 5.32. The summed E-state index contributed by atoms with van der Waals surface area (Å²) < 4.78 is 54.4. The number of hydrogen-bond donors (Lipinski definition) is 1. The highest BCUT2D eigenvalue weighted by atomic mass is 32.2. The molecule has 1 aromatic carbocycles. The summed E-state index contributed by atoms with van der Waals surface area (Å²) in [4.78, 5) is 11.8. The van der Waals surface area contributed by atoms with E-state index in [4.69, 9.17) is 4.55 Å². The Morgan fingerprint density at radius 3 is 2.42 bits per heavy atom. The monoisotopic (exact) mass is 305 g/mol. The number of rotatable bonds is 4. The van der Waals surface area contributed by atoms with Crippen LogP contribution in [0.4, 0.5) is 0 Å². The molecule has 0 saturated heterocycles. The Balaban J connectivity index is 2.24. The van der Waals surface area contributed by atoms with Crippen LogP contribution in [-0.4, -0.2) is 43.9 Å². The molecule has 1 amide bonds. The molecule has 1 heterocycles. The van der Waals surface area contributed by atoms with Crippen molar-refractivity contribution in [3.63, 3.8) is 0 Å². The molecule has 0 aromatic heterocycles. The lowest BCUT2D eigenvalue weighted by molar-refractivity contribution is 0.0871. The molecule has 0 saturated carbocycles. The summed E-state index contributed by atoms with van der Waals surface area (Å²) >= 11 is 0. The van der Waals surface area contributed by atoms with Crippen LogP contribution < -0.4 is 0 Å². The smallest absolute Gasteiger partial charge is 0.269 e. The molecular formula is C10H11NO6S2. The lowest BCUT2D eigenvalue weighted by atomic mass is 10.2. The van der Waals surface area contributed by atoms with Gasteiger partial charge in [-0.2, -0.15) is 8.42 Å². The maximum Gasteiger partial charge on any atom is 0.269 e. The minimum atomic E-state index is -4.17. The Bertz CT molecular complexity index is 722. The van der Waals surface area contributed by atoms with Crippen LogP contribution in [0.15, 0.2) is 29.2 Å². The van der Waals surface area contributed by atoms with E-state index < -0.39 is 31.8 Å². The van der Waals surface area contributed by atoms with Gasteiger partial charge in [-0.25, -0.2) is 12.7 Å². The highest BCUT2D eigenvalue weighted by Gasteiger charge is 2.40. The number of fused-ring (bicyclic) bond motifs is 1. The second-order valence-electron chi connectivity index (χ2n) is 4.02. The van der Waals surface area contributed by atoms with Gasteiger partial charge < -0.3 is 0 Å². The van der Waals surface area contributed by atoms with Gasteiger partial charge in [0.2, 0.25) is 0 Å². The molecule has 0 spiro atoms. The summed E-state index contributed by atoms with van der Waals surface area (Å²) in [6, 6.07) is 5.78. The fourth-order valence-corrected chi connectivity index (χ4v) is 3.94. The molecule has 9 heteroatoms. The van der Waals surface area contributed by atoms with Crippen LogP contribution in [-0.2, 0) is 20.1 Å². The fourth-order valence-electron chi connectivity index (χ4n) is 1.84. The van der Waals surface area contributed by atoms with E-state index in [1.807, 2.05) is 0 Å². The lowest BCUT2D eigenvalue weighted by Crippen LogP contribution is -2.31. The quantitative estimate of drug-likeness (QED) is 0.791. The molecule has 19 heavy (non-hydrogen) atoms. The first-order valence-electron chi connectivity index (χ1n) is 5.35. The van der Waals surface area contributed by atoms with E-state index in [2.05, 4.69) is 0 Å². The molecule has 1 N–H and O–H groups in total. The maximum atomic E-state index is 12.0. The van der Waals surface area contributed by atoms with Crippen LogP contribution in [0.3, 0.4) is 0 Å². The van der Waals surface area contributed by atoms with Crippen LogP contribution in [0.25, 0.3) is 0 Å². The number of nitrogens with zero attached hydrogens (tertiary/aromatic N) is 1. The van der Waals surface area contributed by atoms with Crippen LogP contribution >= 0.6 is 0 Å². The first-order valence-corrected chi connectivity index (χ1v) is 8.40. The second-order valence-corrected chi connectivity index (χ2v) is 7.42. The largest absolute Gasteiger partial charge is 0.286 e. The summed E-state index contributed by atoms with van der Waals surface area (Å²) in [7, 11) is -8.08. The van der Waals surface area contributed by atoms with Gasteiger partial charge in [-0.15, -0.1) is 0 Å². The summed E-state index contributed by atoms with van der Waals surface area (Å²) in [5, 5.41) is 0. The number of carbonyl (C=O) groups excluding carboxylic acids is 1. The first kappa shape index (κ1) is 14.0. The van der Waals surface area contributed by atoms with Gasteiger partial charge in [-0.1, -0.05) is 12.1 Å². The second kappa shape index (κ2) is 4.58. The molecule has 0 unspecified atom stereocenters. The van der Waals surface area contributed by atoms with Crippen molar-refractivity contribution in [2.45, 2.75) is 11.3 Å². The van der Waals surface area contributed by atoms with Gasteiger partial charge in [-0.05, 0) is 18.6 Å². The molecular weight excluding hydrogens is 294 g/mol. The van der Waals surface area contributed by atoms with E-state index >= 15 is 0 Å². The standard InChI is InChI=1S/C10H11NO6S2/c12-10-8-4-1-2-5-9(8)19(16,17)11(10)6-3-7-18(13,14)15/h1-2,4-5H,3,6-7H2,(H,13,14,15). The van der Waals surface area contributed by atoms with E-state index in [-0.39, 0.29) is 23.4 Å². The predicted octanol–water partition coefficient (Wildman–Crippen LogP) is 0.109. The minimum Gasteiger partial charge on any atom is -0.286 e. The molecule has 0 atom stereocenters. The molecule has 0 radical (unpaired) electrons. The number of benzene rings is 1. The first-order chi connectivity index (χ1) is 8.73. The van der Waals surface area contributed by atoms with Crippen molar-refractivity contribution in [2.75, 3.05) is 12.3 Å². The molecule has 0 bridgehead atoms. The zero-order chi connectivity index (χ0) is 14.3. The summed E-state index contributed by atoms with van der Waals surface area (Å²) in [5.41, 5.74) is 0.0781. The van der Waals surface area contributed by atoms with Crippen LogP contribution in [0.5, 0.6) is 0 Å². The Hall–Kier alpha value is -1.45. The van der Waals surface area contributed by atoms with E-state index in [1.54, 1.807) is 6.07 Å². The maximum absolute atomic E-state index is 12.0. The zero-order valence-corrected chi connectivity index (χ0v) is 11.3. The van der Waals surface area contributed by atoms with Gasteiger partial charge in [-0.3, -0.25) is 9.35 Å². The summed E-state index contributed by atoms with van der Waals surface area (Å²) in [6.45, 7) is -0.282. The summed E-state index contributed by atoms with van der Waals surface area (Å²) in [5.74, 6) is -1.27. The topological polar surface area (TPSA) is 109 Å². The van der Waals surface area contributed by atoms with Gasteiger partial charge in [0.1, 0.15) is 4.90 Å². The Kier molecular flexibility index (Phi) is 3.37. The molecule has 0 aliphatic carbocycles. The lowest BCUT2D eigenvalue weighted by Gasteiger charge is -2.14. The van der Waals surface area contributed by atoms with E-state index in [9.17, 15) is 21.6 Å². The molecule has 0 fully saturated rings. The molecule has 1 aliphatic rings. The average molecular weight is 305 g/mol. The molecule has 1 aromatic rings. The molecule has 7 nitrogen and oxygen atoms in total. The van der Waals surface area contributed by atoms with Crippen molar-refractivity contribution in [3.8, 4) is 0 Å². The molecule has 104 valence electrons. The van der Waals surface area contributed by atoms with E-state index in [0.29, 0.717) is 4.31 Å². The van der Waals surface area contributed by atoms with Crippen molar-refractivity contribution < 1.29 is 26.2 Å². The van der Waals surface area contributed by atoms with Gasteiger partial charge >= 0.3 is 0 Å². The average Bonchev–Trinajstić information content (AvgIpc) is 2.49. The van der Waals surface area contributed by atoms with E-state index in [1.165, 1.54) is 18.2 Å². The summed E-state index contributed by atoms with van der Waals surface area (Å²) in [6.07, 6.45) is -0.155. The zero-order valence-electron chi connectivity index (χ0n) is 9.68. The van der Waals surface area contributed by atoms with Crippen molar-refractivity contribution in [3.05, 3.63) is 29.8 Å². The Morgan fingerprint density at radius 2 is 1.84 bits per heavy atom. The van der Waals surface area contributed by atoms with Gasteiger partial charge in [0.15, 0.2) is 0 Å². The van der Waals surface area contributed by atoms with Gasteiger partial charge in [0.25, 0.3) is 26.0 Å². The van der Waals surface area contributed by atoms with Gasteiger partial charge in [0.05, 0.1) is 11.3 Å². The number of sulfonamides is 1. The Morgan fingerprint density at radius 1 is 1.21 bits per heavy atom. The SMILES string of the molecule is O=C1c2ccccc2S(=O)(=O)N1CCCS(=O)(=O)O. The van der Waals surface area contributed by atoms with Gasteiger partial charge in [0, 0.05) is 6.54 Å². The predicted molar refractivity (Wildman–Crippen MR) is 65.7 cm³/mol. The third-order valence-electron chi connectivity index (χ3n) is 2.68. The highest BCUT2D eigenvalue weighted by Crippen LogP contribution is 2.29. The molecule has 2 rings (SSSR count). The van der Waals surface area contributed by atoms with Crippen LogP contribution in [0.2, 0.25) is 0 Å². The van der Waals surface area contributed by atoms with E-state index in [0.717, 1.165) is 0 Å². The van der Waals surface area contributed by atoms with Crippen molar-refractivity contribution in [1.82, 2.24) is 4.31 Å². The number of amides is 1. The van der Waals surface area contributed by atoms with Crippen molar-refractivity contribution in [2.24, 2.45) is 0 Å². The number of hydrogen-bond acceptors (Lipinski definition) is 5. The fraction of sp³-hybridized carbons (Fsp3) is 0.300. The highest BCUT2D eigenvalue weighted by molar-refractivity contribution is 7.90. The van der Waals surface area contributed by atoms with Crippen molar-refractivity contribution in [1.29, 1.82) is 0 Å². The third kappa shape index (κ3) is 2.62. The van der Waals surface area contributed by atoms with Crippen molar-refractivity contribution >= 4 is 26.0 Å². The normalized spacial score (nSPS) is 17.5. The van der Waals surface area contributed by atoms with Crippen LogP contribution in [0.1, 0.15) is 16.8 Å². The Labute approximate surface area is 110 Å². The minimum absolute atomic E-state index is 0.0770. The van der Waals surface area contributed by atoms with Crippen LogP contribution in [0, 0.1) is 0 Å².